The van der Waals surface area contributed by atoms with Crippen LogP contribution in [-0.4, -0.2) is 28.6 Å². The molecule has 2 amide bonds. The van der Waals surface area contributed by atoms with Crippen LogP contribution < -0.4 is 10.2 Å². The van der Waals surface area contributed by atoms with Gasteiger partial charge in [0, 0.05) is 18.7 Å². The molecule has 3 rings (SSSR count). The van der Waals surface area contributed by atoms with Gasteiger partial charge in [-0.15, -0.1) is 10.2 Å². The molecule has 1 saturated heterocycles. The summed E-state index contributed by atoms with van der Waals surface area (Å²) in [4.78, 5) is 25.6. The van der Waals surface area contributed by atoms with E-state index in [9.17, 15) is 22.8 Å². The number of halogens is 3. The molecule has 1 aromatic heterocycles. The monoisotopic (exact) mass is 370 g/mol. The van der Waals surface area contributed by atoms with E-state index >= 15 is 0 Å². The number of benzene rings is 1. The lowest BCUT2D eigenvalue weighted by atomic mass is 10.1. The molecule has 1 atom stereocenters. The van der Waals surface area contributed by atoms with Crippen molar-refractivity contribution in [3.63, 3.8) is 0 Å². The van der Waals surface area contributed by atoms with E-state index in [1.807, 2.05) is 0 Å². The fourth-order valence-corrected chi connectivity index (χ4v) is 3.13. The number of carbonyl (C=O) groups excluding carboxylic acids is 2. The number of alkyl halides is 3. The summed E-state index contributed by atoms with van der Waals surface area (Å²) in [6.07, 6.45) is -4.56. The maximum Gasteiger partial charge on any atom is 0.416 e. The molecule has 0 aliphatic carbocycles. The average Bonchev–Trinajstić information content (AvgIpc) is 3.12. The number of aromatic nitrogens is 2. The summed E-state index contributed by atoms with van der Waals surface area (Å²) in [6, 6.07) is 4.50. The predicted octanol–water partition coefficient (Wildman–Crippen LogP) is 2.86. The van der Waals surface area contributed by atoms with E-state index in [4.69, 9.17) is 0 Å². The number of nitrogens with one attached hydrogen (secondary N) is 1. The van der Waals surface area contributed by atoms with Crippen molar-refractivity contribution in [1.82, 2.24) is 10.2 Å². The van der Waals surface area contributed by atoms with E-state index in [0.717, 1.165) is 12.1 Å². The van der Waals surface area contributed by atoms with Crippen LogP contribution >= 0.6 is 11.3 Å². The van der Waals surface area contributed by atoms with Gasteiger partial charge in [0.25, 0.3) is 0 Å². The summed E-state index contributed by atoms with van der Waals surface area (Å²) < 4.78 is 38.5. The zero-order chi connectivity index (χ0) is 18.2. The van der Waals surface area contributed by atoms with Gasteiger partial charge in [-0.25, -0.2) is 0 Å². The standard InChI is InChI=1S/C15H13F3N4O2S/c1-8-20-21-14(25-8)19-13(24)9-5-12(23)22(7-9)11-4-2-3-10(6-11)15(16,17)18/h2-4,6,9H,5,7H2,1H3,(H,19,21,24)/t9-/m1/s1. The topological polar surface area (TPSA) is 75.2 Å². The SMILES string of the molecule is Cc1nnc(NC(=O)[C@@H]2CC(=O)N(c3cccc(C(F)(F)F)c3)C2)s1. The molecular weight excluding hydrogens is 357 g/mol. The Bertz CT molecular complexity index is 821. The molecule has 25 heavy (non-hydrogen) atoms. The van der Waals surface area contributed by atoms with E-state index in [1.165, 1.54) is 28.4 Å². The van der Waals surface area contributed by atoms with E-state index < -0.39 is 29.5 Å². The molecular formula is C15H13F3N4O2S. The predicted molar refractivity (Wildman–Crippen MR) is 85.2 cm³/mol. The van der Waals surface area contributed by atoms with Gasteiger partial charge in [0.1, 0.15) is 5.01 Å². The largest absolute Gasteiger partial charge is 0.416 e. The summed E-state index contributed by atoms with van der Waals surface area (Å²) in [7, 11) is 0. The summed E-state index contributed by atoms with van der Waals surface area (Å²) >= 11 is 1.20. The Labute approximate surface area is 144 Å². The first kappa shape index (κ1) is 17.3. The van der Waals surface area contributed by atoms with Crippen LogP contribution in [0.5, 0.6) is 0 Å². The summed E-state index contributed by atoms with van der Waals surface area (Å²) in [6.45, 7) is 1.76. The lowest BCUT2D eigenvalue weighted by Crippen LogP contribution is -2.28. The fourth-order valence-electron chi connectivity index (χ4n) is 2.54. The highest BCUT2D eigenvalue weighted by Gasteiger charge is 2.37. The number of hydrogen-bond acceptors (Lipinski definition) is 5. The van der Waals surface area contributed by atoms with Gasteiger partial charge in [-0.3, -0.25) is 9.59 Å². The Morgan fingerprint density at radius 1 is 1.36 bits per heavy atom. The number of amides is 2. The molecule has 2 heterocycles. The number of aryl methyl sites for hydroxylation is 1. The minimum atomic E-state index is -4.49. The smallest absolute Gasteiger partial charge is 0.312 e. The zero-order valence-electron chi connectivity index (χ0n) is 13.0. The third-order valence-corrected chi connectivity index (χ3v) is 4.49. The molecule has 1 aromatic carbocycles. The molecule has 0 bridgehead atoms. The van der Waals surface area contributed by atoms with Gasteiger partial charge >= 0.3 is 6.18 Å². The van der Waals surface area contributed by atoms with Gasteiger partial charge in [0.2, 0.25) is 16.9 Å². The lowest BCUT2D eigenvalue weighted by Gasteiger charge is -2.18. The summed E-state index contributed by atoms with van der Waals surface area (Å²) in [5, 5.41) is 11.1. The molecule has 1 N–H and O–H groups in total. The van der Waals surface area contributed by atoms with Gasteiger partial charge in [0.05, 0.1) is 11.5 Å². The molecule has 0 radical (unpaired) electrons. The second kappa shape index (κ2) is 6.43. The first-order chi connectivity index (χ1) is 11.7. The Morgan fingerprint density at radius 2 is 2.12 bits per heavy atom. The average molecular weight is 370 g/mol. The molecule has 0 saturated carbocycles. The van der Waals surface area contributed by atoms with Crippen molar-refractivity contribution in [1.29, 1.82) is 0 Å². The highest BCUT2D eigenvalue weighted by atomic mass is 32.1. The quantitative estimate of drug-likeness (QED) is 0.902. The third kappa shape index (κ3) is 3.78. The molecule has 1 fully saturated rings. The molecule has 2 aromatic rings. The van der Waals surface area contributed by atoms with Crippen LogP contribution in [0.3, 0.4) is 0 Å². The first-order valence-corrected chi connectivity index (χ1v) is 8.14. The van der Waals surface area contributed by atoms with Crippen LogP contribution in [0, 0.1) is 12.8 Å². The van der Waals surface area contributed by atoms with Crippen molar-refractivity contribution in [2.45, 2.75) is 19.5 Å². The number of carbonyl (C=O) groups is 2. The summed E-state index contributed by atoms with van der Waals surface area (Å²) in [5.41, 5.74) is -0.711. The number of hydrogen-bond donors (Lipinski definition) is 1. The highest BCUT2D eigenvalue weighted by Crippen LogP contribution is 2.33. The highest BCUT2D eigenvalue weighted by molar-refractivity contribution is 7.15. The van der Waals surface area contributed by atoms with Crippen molar-refractivity contribution in [2.75, 3.05) is 16.8 Å². The van der Waals surface area contributed by atoms with Gasteiger partial charge in [-0.2, -0.15) is 13.2 Å². The molecule has 0 spiro atoms. The molecule has 132 valence electrons. The van der Waals surface area contributed by atoms with Crippen LogP contribution in [0.15, 0.2) is 24.3 Å². The maximum absolute atomic E-state index is 12.8. The van der Waals surface area contributed by atoms with Gasteiger partial charge in [-0.05, 0) is 25.1 Å². The van der Waals surface area contributed by atoms with E-state index in [-0.39, 0.29) is 18.7 Å². The van der Waals surface area contributed by atoms with Crippen molar-refractivity contribution in [3.8, 4) is 0 Å². The second-order valence-electron chi connectivity index (χ2n) is 5.57. The molecule has 10 heteroatoms. The Balaban J connectivity index is 1.73. The van der Waals surface area contributed by atoms with Crippen LogP contribution in [0.1, 0.15) is 17.0 Å². The van der Waals surface area contributed by atoms with Gasteiger partial charge < -0.3 is 10.2 Å². The van der Waals surface area contributed by atoms with Crippen molar-refractivity contribution in [2.24, 2.45) is 5.92 Å². The Hall–Kier alpha value is -2.49. The lowest BCUT2D eigenvalue weighted by molar-refractivity contribution is -0.137. The van der Waals surface area contributed by atoms with Gasteiger partial charge in [-0.1, -0.05) is 17.4 Å². The minimum Gasteiger partial charge on any atom is -0.312 e. The van der Waals surface area contributed by atoms with Crippen molar-refractivity contribution < 1.29 is 22.8 Å². The van der Waals surface area contributed by atoms with E-state index in [1.54, 1.807) is 6.92 Å². The van der Waals surface area contributed by atoms with Gasteiger partial charge in [0.15, 0.2) is 0 Å². The minimum absolute atomic E-state index is 0.0176. The number of nitrogens with zero attached hydrogens (tertiary/aromatic N) is 3. The van der Waals surface area contributed by atoms with Crippen LogP contribution in [0.25, 0.3) is 0 Å². The first-order valence-electron chi connectivity index (χ1n) is 7.32. The van der Waals surface area contributed by atoms with E-state index in [0.29, 0.717) is 10.1 Å². The molecule has 0 unspecified atom stereocenters. The third-order valence-electron chi connectivity index (χ3n) is 3.74. The Kier molecular flexibility index (Phi) is 4.46. The molecule has 1 aliphatic heterocycles. The van der Waals surface area contributed by atoms with Crippen molar-refractivity contribution >= 4 is 34.0 Å². The van der Waals surface area contributed by atoms with E-state index in [2.05, 4.69) is 15.5 Å². The molecule has 6 nitrogen and oxygen atoms in total. The maximum atomic E-state index is 12.8. The Morgan fingerprint density at radius 3 is 2.76 bits per heavy atom. The number of anilines is 2. The number of rotatable bonds is 3. The normalized spacial score (nSPS) is 17.8. The second-order valence-corrected chi connectivity index (χ2v) is 6.75. The van der Waals surface area contributed by atoms with Crippen LogP contribution in [-0.2, 0) is 15.8 Å². The summed E-state index contributed by atoms with van der Waals surface area (Å²) in [5.74, 6) is -1.46. The van der Waals surface area contributed by atoms with Crippen LogP contribution in [0.4, 0.5) is 24.0 Å². The van der Waals surface area contributed by atoms with Crippen LogP contribution in [0.2, 0.25) is 0 Å². The zero-order valence-corrected chi connectivity index (χ0v) is 13.8. The molecule has 1 aliphatic rings. The fraction of sp³-hybridized carbons (Fsp3) is 0.333. The van der Waals surface area contributed by atoms with Crippen molar-refractivity contribution in [3.05, 3.63) is 34.8 Å².